The standard InChI is InChI=1S/C22H23N3O2/c1-16-5-3-4-6-18(16)14-23-19-9-12-21(24-15-19)25-22(26)13-17-7-10-20(27-2)11-8-17/h3-12,15,23H,13-14H2,1-2H3,(H,24,25,26). The molecule has 5 nitrogen and oxygen atoms in total. The van der Waals surface area contributed by atoms with E-state index < -0.39 is 0 Å². The highest BCUT2D eigenvalue weighted by Crippen LogP contribution is 2.15. The molecule has 2 aromatic carbocycles. The van der Waals surface area contributed by atoms with Gasteiger partial charge >= 0.3 is 0 Å². The van der Waals surface area contributed by atoms with Crippen molar-refractivity contribution in [3.05, 3.63) is 83.6 Å². The van der Waals surface area contributed by atoms with E-state index in [4.69, 9.17) is 4.74 Å². The number of pyridine rings is 1. The molecule has 0 saturated carbocycles. The van der Waals surface area contributed by atoms with E-state index >= 15 is 0 Å². The maximum atomic E-state index is 12.2. The summed E-state index contributed by atoms with van der Waals surface area (Å²) in [6, 6.07) is 19.4. The first-order valence-corrected chi connectivity index (χ1v) is 8.81. The Hall–Kier alpha value is -3.34. The van der Waals surface area contributed by atoms with Crippen LogP contribution in [-0.4, -0.2) is 18.0 Å². The van der Waals surface area contributed by atoms with Gasteiger partial charge in [-0.3, -0.25) is 4.79 Å². The second kappa shape index (κ2) is 8.85. The molecule has 0 aliphatic rings. The van der Waals surface area contributed by atoms with Gasteiger partial charge in [0.05, 0.1) is 25.4 Å². The summed E-state index contributed by atoms with van der Waals surface area (Å²) < 4.78 is 5.12. The second-order valence-corrected chi connectivity index (χ2v) is 6.29. The fourth-order valence-corrected chi connectivity index (χ4v) is 2.69. The molecule has 0 atom stereocenters. The van der Waals surface area contributed by atoms with Crippen LogP contribution in [0, 0.1) is 6.92 Å². The highest BCUT2D eigenvalue weighted by atomic mass is 16.5. The van der Waals surface area contributed by atoms with E-state index in [0.29, 0.717) is 12.2 Å². The van der Waals surface area contributed by atoms with Crippen molar-refractivity contribution >= 4 is 17.4 Å². The first kappa shape index (κ1) is 18.5. The van der Waals surface area contributed by atoms with Gasteiger partial charge in [-0.15, -0.1) is 0 Å². The number of aromatic nitrogens is 1. The zero-order chi connectivity index (χ0) is 19.1. The minimum Gasteiger partial charge on any atom is -0.497 e. The van der Waals surface area contributed by atoms with Crippen molar-refractivity contribution in [1.82, 2.24) is 4.98 Å². The molecule has 0 radical (unpaired) electrons. The fourth-order valence-electron chi connectivity index (χ4n) is 2.69. The molecule has 0 unspecified atom stereocenters. The number of anilines is 2. The van der Waals surface area contributed by atoms with E-state index in [1.807, 2.05) is 42.5 Å². The average molecular weight is 361 g/mol. The van der Waals surface area contributed by atoms with Crippen LogP contribution < -0.4 is 15.4 Å². The number of benzene rings is 2. The van der Waals surface area contributed by atoms with E-state index in [0.717, 1.165) is 23.5 Å². The Bertz CT molecular complexity index is 890. The lowest BCUT2D eigenvalue weighted by Gasteiger charge is -2.10. The number of hydrogen-bond acceptors (Lipinski definition) is 4. The van der Waals surface area contributed by atoms with Crippen LogP contribution in [0.1, 0.15) is 16.7 Å². The second-order valence-electron chi connectivity index (χ2n) is 6.29. The van der Waals surface area contributed by atoms with Crippen molar-refractivity contribution in [1.29, 1.82) is 0 Å². The Morgan fingerprint density at radius 3 is 2.48 bits per heavy atom. The predicted molar refractivity (Wildman–Crippen MR) is 108 cm³/mol. The Kier molecular flexibility index (Phi) is 6.05. The Morgan fingerprint density at radius 1 is 1.04 bits per heavy atom. The molecule has 138 valence electrons. The van der Waals surface area contributed by atoms with Crippen molar-refractivity contribution in [2.24, 2.45) is 0 Å². The van der Waals surface area contributed by atoms with Gasteiger partial charge in [0.25, 0.3) is 0 Å². The largest absolute Gasteiger partial charge is 0.497 e. The molecule has 0 aliphatic carbocycles. The monoisotopic (exact) mass is 361 g/mol. The maximum absolute atomic E-state index is 12.2. The van der Waals surface area contributed by atoms with Gasteiger partial charge in [0, 0.05) is 6.54 Å². The molecule has 0 bridgehead atoms. The Balaban J connectivity index is 1.52. The molecular formula is C22H23N3O2. The molecule has 1 amide bonds. The minimum absolute atomic E-state index is 0.103. The topological polar surface area (TPSA) is 63.2 Å². The number of hydrogen-bond donors (Lipinski definition) is 2. The third-order valence-corrected chi connectivity index (χ3v) is 4.30. The lowest BCUT2D eigenvalue weighted by molar-refractivity contribution is -0.115. The molecule has 5 heteroatoms. The van der Waals surface area contributed by atoms with E-state index in [9.17, 15) is 4.79 Å². The molecule has 0 spiro atoms. The van der Waals surface area contributed by atoms with Crippen LogP contribution >= 0.6 is 0 Å². The number of nitrogens with zero attached hydrogens (tertiary/aromatic N) is 1. The third-order valence-electron chi connectivity index (χ3n) is 4.30. The summed E-state index contributed by atoms with van der Waals surface area (Å²) in [5, 5.41) is 6.17. The molecule has 3 aromatic rings. The summed E-state index contributed by atoms with van der Waals surface area (Å²) >= 11 is 0. The molecule has 0 fully saturated rings. The van der Waals surface area contributed by atoms with E-state index in [1.165, 1.54) is 11.1 Å². The molecule has 0 aliphatic heterocycles. The number of methoxy groups -OCH3 is 1. The summed E-state index contributed by atoms with van der Waals surface area (Å²) in [5.41, 5.74) is 4.32. The van der Waals surface area contributed by atoms with Gasteiger partial charge in [-0.2, -0.15) is 0 Å². The van der Waals surface area contributed by atoms with E-state index in [-0.39, 0.29) is 5.91 Å². The number of carbonyl (C=O) groups excluding carboxylic acids is 1. The molecule has 2 N–H and O–H groups in total. The van der Waals surface area contributed by atoms with Crippen molar-refractivity contribution in [3.63, 3.8) is 0 Å². The lowest BCUT2D eigenvalue weighted by atomic mass is 10.1. The number of carbonyl (C=O) groups is 1. The van der Waals surface area contributed by atoms with E-state index in [2.05, 4.69) is 34.7 Å². The number of nitrogens with one attached hydrogen (secondary N) is 2. The van der Waals surface area contributed by atoms with Gasteiger partial charge < -0.3 is 15.4 Å². The molecule has 3 rings (SSSR count). The van der Waals surface area contributed by atoms with Crippen LogP contribution in [0.4, 0.5) is 11.5 Å². The lowest BCUT2D eigenvalue weighted by Crippen LogP contribution is -2.15. The van der Waals surface area contributed by atoms with Crippen LogP contribution in [0.15, 0.2) is 66.9 Å². The van der Waals surface area contributed by atoms with Crippen molar-refractivity contribution in [2.75, 3.05) is 17.7 Å². The molecule has 1 heterocycles. The summed E-state index contributed by atoms with van der Waals surface area (Å²) in [7, 11) is 1.62. The Labute approximate surface area is 159 Å². The van der Waals surface area contributed by atoms with Crippen molar-refractivity contribution < 1.29 is 9.53 Å². The molecule has 1 aromatic heterocycles. The fraction of sp³-hybridized carbons (Fsp3) is 0.182. The summed E-state index contributed by atoms with van der Waals surface area (Å²) in [5.74, 6) is 1.21. The zero-order valence-electron chi connectivity index (χ0n) is 15.5. The highest BCUT2D eigenvalue weighted by Gasteiger charge is 2.06. The van der Waals surface area contributed by atoms with Gasteiger partial charge in [0.2, 0.25) is 5.91 Å². The van der Waals surface area contributed by atoms with E-state index in [1.54, 1.807) is 19.4 Å². The molecular weight excluding hydrogens is 338 g/mol. The van der Waals surface area contributed by atoms with Gasteiger partial charge in [0.15, 0.2) is 0 Å². The van der Waals surface area contributed by atoms with Crippen LogP contribution in [0.5, 0.6) is 5.75 Å². The van der Waals surface area contributed by atoms with Crippen LogP contribution in [-0.2, 0) is 17.8 Å². The smallest absolute Gasteiger partial charge is 0.229 e. The van der Waals surface area contributed by atoms with Crippen LogP contribution in [0.25, 0.3) is 0 Å². The average Bonchev–Trinajstić information content (AvgIpc) is 2.69. The van der Waals surface area contributed by atoms with Gasteiger partial charge in [-0.25, -0.2) is 4.98 Å². The first-order chi connectivity index (χ1) is 13.1. The van der Waals surface area contributed by atoms with Crippen LogP contribution in [0.3, 0.4) is 0 Å². The summed E-state index contributed by atoms with van der Waals surface area (Å²) in [6.07, 6.45) is 2.01. The quantitative estimate of drug-likeness (QED) is 0.662. The SMILES string of the molecule is COc1ccc(CC(=O)Nc2ccc(NCc3ccccc3C)cn2)cc1. The van der Waals surface area contributed by atoms with Gasteiger partial charge in [-0.1, -0.05) is 36.4 Å². The first-order valence-electron chi connectivity index (χ1n) is 8.81. The van der Waals surface area contributed by atoms with Gasteiger partial charge in [-0.05, 0) is 47.9 Å². The third kappa shape index (κ3) is 5.31. The predicted octanol–water partition coefficient (Wildman–Crippen LogP) is 4.19. The highest BCUT2D eigenvalue weighted by molar-refractivity contribution is 5.91. The van der Waals surface area contributed by atoms with Gasteiger partial charge in [0.1, 0.15) is 11.6 Å². The molecule has 0 saturated heterocycles. The number of aryl methyl sites for hydroxylation is 1. The molecule has 27 heavy (non-hydrogen) atoms. The zero-order valence-corrected chi connectivity index (χ0v) is 15.5. The number of ether oxygens (including phenoxy) is 1. The summed E-state index contributed by atoms with van der Waals surface area (Å²) in [4.78, 5) is 16.5. The summed E-state index contributed by atoms with van der Waals surface area (Å²) in [6.45, 7) is 2.83. The van der Waals surface area contributed by atoms with Crippen molar-refractivity contribution in [3.8, 4) is 5.75 Å². The maximum Gasteiger partial charge on any atom is 0.229 e. The normalized spacial score (nSPS) is 10.3. The van der Waals surface area contributed by atoms with Crippen molar-refractivity contribution in [2.45, 2.75) is 19.9 Å². The number of rotatable bonds is 7. The minimum atomic E-state index is -0.103. The number of amides is 1. The Morgan fingerprint density at radius 2 is 1.81 bits per heavy atom. The van der Waals surface area contributed by atoms with Crippen LogP contribution in [0.2, 0.25) is 0 Å².